The minimum absolute atomic E-state index is 0. The van der Waals surface area contributed by atoms with Crippen LogP contribution in [-0.2, 0) is 21.1 Å². The topological polar surface area (TPSA) is 42.2 Å². The minimum atomic E-state index is -2.21. The third kappa shape index (κ3) is 4.71. The molecule has 0 aliphatic carbocycles. The van der Waals surface area contributed by atoms with E-state index in [2.05, 4.69) is 132 Å². The van der Waals surface area contributed by atoms with Crippen molar-refractivity contribution in [1.29, 1.82) is 0 Å². The smallest absolute Gasteiger partial charge is 0.268 e. The van der Waals surface area contributed by atoms with Gasteiger partial charge in [0.25, 0.3) is 6.33 Å². The molecular weight excluding hydrogens is 826 g/mol. The minimum Gasteiger partial charge on any atom is -0.517 e. The van der Waals surface area contributed by atoms with Crippen molar-refractivity contribution in [2.75, 3.05) is 0 Å². The van der Waals surface area contributed by atoms with Gasteiger partial charge in [-0.1, -0.05) is 137 Å². The molecule has 51 heavy (non-hydrogen) atoms. The number of imidazole rings is 1. The van der Waals surface area contributed by atoms with E-state index in [1.54, 1.807) is 17.0 Å². The molecular formula is C44H30N3O2PtSi-. The molecule has 4 heterocycles. The van der Waals surface area contributed by atoms with Gasteiger partial charge in [0.15, 0.2) is 0 Å². The Bertz CT molecular complexity index is 2700. The molecule has 0 fully saturated rings. The molecule has 0 spiro atoms. The maximum atomic E-state index is 10.5. The Hall–Kier alpha value is -5.55. The second-order valence-corrected chi connectivity index (χ2v) is 17.7. The van der Waals surface area contributed by atoms with Crippen LogP contribution in [-0.4, -0.2) is 17.7 Å². The molecule has 8 aromatic rings. The van der Waals surface area contributed by atoms with E-state index >= 15 is 0 Å². The van der Waals surface area contributed by atoms with Crippen molar-refractivity contribution in [3.63, 3.8) is 0 Å². The Morgan fingerprint density at radius 3 is 1.96 bits per heavy atom. The summed E-state index contributed by atoms with van der Waals surface area (Å²) in [5.41, 5.74) is 12.9. The van der Waals surface area contributed by atoms with Gasteiger partial charge in [-0.05, 0) is 51.2 Å². The summed E-state index contributed by atoms with van der Waals surface area (Å²) < 4.78 is 6.01. The number of aromatic hydroxyl groups is 1. The van der Waals surface area contributed by atoms with Crippen LogP contribution in [0.25, 0.3) is 66.9 Å². The maximum absolute atomic E-state index is 10.5. The van der Waals surface area contributed by atoms with E-state index in [4.69, 9.17) is 4.84 Å². The summed E-state index contributed by atoms with van der Waals surface area (Å²) >= 11 is 0. The van der Waals surface area contributed by atoms with Gasteiger partial charge >= 0.3 is 0 Å². The van der Waals surface area contributed by atoms with Crippen molar-refractivity contribution in [3.05, 3.63) is 158 Å². The molecule has 0 unspecified atom stereocenters. The summed E-state index contributed by atoms with van der Waals surface area (Å²) in [5.74, 6) is 0.756. The molecule has 248 valence electrons. The number of pyridine rings is 1. The first-order valence-electron chi connectivity index (χ1n) is 16.8. The molecule has 5 nitrogen and oxygen atoms in total. The van der Waals surface area contributed by atoms with Gasteiger partial charge in [0.1, 0.15) is 6.20 Å². The van der Waals surface area contributed by atoms with Crippen molar-refractivity contribution in [2.24, 2.45) is 0 Å². The van der Waals surface area contributed by atoms with E-state index in [0.717, 1.165) is 33.5 Å². The molecule has 10 rings (SSSR count). The van der Waals surface area contributed by atoms with Crippen LogP contribution in [0.3, 0.4) is 0 Å². The Kier molecular flexibility index (Phi) is 7.25. The van der Waals surface area contributed by atoms with E-state index in [1.807, 2.05) is 36.4 Å². The van der Waals surface area contributed by atoms with Crippen LogP contribution in [0.1, 0.15) is 0 Å². The molecule has 7 heteroatoms. The molecule has 6 aromatic carbocycles. The summed E-state index contributed by atoms with van der Waals surface area (Å²) in [4.78, 5) is 6.37. The van der Waals surface area contributed by atoms with Crippen molar-refractivity contribution in [1.82, 2.24) is 4.57 Å². The fraction of sp³-hybridized carbons (Fsp3) is 0.0455. The first-order valence-corrected chi connectivity index (χ1v) is 19.8. The molecule has 0 saturated heterocycles. The van der Waals surface area contributed by atoms with Crippen molar-refractivity contribution in [3.8, 4) is 67.4 Å². The van der Waals surface area contributed by atoms with Crippen LogP contribution in [0.15, 0.2) is 140 Å². The van der Waals surface area contributed by atoms with Gasteiger partial charge in [-0.3, -0.25) is 9.40 Å². The number of hydrogen-bond donors (Lipinski definition) is 1. The van der Waals surface area contributed by atoms with Gasteiger partial charge in [-0.2, -0.15) is 6.07 Å². The number of rotatable bonds is 3. The predicted octanol–water partition coefficient (Wildman–Crippen LogP) is 7.26. The van der Waals surface area contributed by atoms with Gasteiger partial charge in [-0.15, -0.1) is 23.4 Å². The SMILES string of the molecule is C[Si]1(C)c2ccc(O[n+]3[c-]c(-c4ccccc4O)ccc3)[c-]c2-n2[c-][n+]3c4c(ccc1c42)-c1ccccc1-c1ccccc1-c1ccccc1-3.[Pt]. The van der Waals surface area contributed by atoms with E-state index in [9.17, 15) is 5.11 Å². The van der Waals surface area contributed by atoms with Gasteiger partial charge in [0, 0.05) is 29.1 Å². The molecule has 2 aromatic heterocycles. The number of nitrogens with zero attached hydrogens (tertiary/aromatic N) is 3. The van der Waals surface area contributed by atoms with E-state index in [0.29, 0.717) is 11.3 Å². The standard InChI is InChI=1S/C44H30N3O2Si.Pt/c1-50(2)41-23-21-30(49-45-25-11-12-29(27-45)31-13-8-10-20-40(31)48)26-39(41)47-28-46-38-19-9-7-18-36(38)34-16-5-3-14-32(34)33-15-4-6-17-35(33)37-22-24-42(50)44(47)43(37)46;/h3-25,48H,1-2H3;/q-1;. The summed E-state index contributed by atoms with van der Waals surface area (Å²) in [7, 11) is -2.21. The number of phenols is 1. The summed E-state index contributed by atoms with van der Waals surface area (Å²) in [5, 5.41) is 13.1. The monoisotopic (exact) mass is 855 g/mol. The second kappa shape index (κ2) is 11.8. The van der Waals surface area contributed by atoms with Crippen LogP contribution in [0, 0.1) is 18.6 Å². The summed E-state index contributed by atoms with van der Waals surface area (Å²) in [6, 6.07) is 49.7. The molecule has 2 aliphatic heterocycles. The molecule has 0 saturated carbocycles. The summed E-state index contributed by atoms with van der Waals surface area (Å²) in [6.45, 7) is 4.84. The third-order valence-corrected chi connectivity index (χ3v) is 13.7. The molecule has 0 radical (unpaired) electrons. The zero-order valence-electron chi connectivity index (χ0n) is 27.8. The van der Waals surface area contributed by atoms with Crippen molar-refractivity contribution >= 4 is 29.5 Å². The fourth-order valence-corrected chi connectivity index (χ4v) is 10.7. The molecule has 0 amide bonds. The van der Waals surface area contributed by atoms with Gasteiger partial charge in [-0.25, -0.2) is 0 Å². The van der Waals surface area contributed by atoms with Gasteiger partial charge < -0.3 is 9.67 Å². The Morgan fingerprint density at radius 1 is 0.627 bits per heavy atom. The summed E-state index contributed by atoms with van der Waals surface area (Å²) in [6.07, 6.45) is 8.90. The van der Waals surface area contributed by atoms with Gasteiger partial charge in [0.2, 0.25) is 6.20 Å². The van der Waals surface area contributed by atoms with E-state index in [1.165, 1.54) is 38.2 Å². The average Bonchev–Trinajstić information content (AvgIpc) is 3.56. The molecule has 2 aliphatic rings. The molecule has 0 bridgehead atoms. The van der Waals surface area contributed by atoms with E-state index in [-0.39, 0.29) is 26.8 Å². The predicted molar refractivity (Wildman–Crippen MR) is 198 cm³/mol. The van der Waals surface area contributed by atoms with Gasteiger partial charge in [0.05, 0.1) is 28.2 Å². The van der Waals surface area contributed by atoms with Crippen LogP contribution >= 0.6 is 0 Å². The van der Waals surface area contributed by atoms with Crippen LogP contribution < -0.4 is 24.5 Å². The first-order chi connectivity index (χ1) is 24.5. The van der Waals surface area contributed by atoms with Crippen molar-refractivity contribution < 1.29 is 40.3 Å². The van der Waals surface area contributed by atoms with Crippen molar-refractivity contribution in [2.45, 2.75) is 13.1 Å². The Labute approximate surface area is 311 Å². The first kappa shape index (κ1) is 31.4. The largest absolute Gasteiger partial charge is 0.517 e. The van der Waals surface area contributed by atoms with Crippen LogP contribution in [0.2, 0.25) is 13.1 Å². The number of para-hydroxylation sites is 2. The molecule has 1 N–H and O–H groups in total. The van der Waals surface area contributed by atoms with E-state index < -0.39 is 8.07 Å². The number of benzene rings is 6. The maximum Gasteiger partial charge on any atom is 0.268 e. The second-order valence-electron chi connectivity index (χ2n) is 13.4. The number of hydrogen-bond acceptors (Lipinski definition) is 2. The third-order valence-electron chi connectivity index (χ3n) is 10.2. The number of fused-ring (bicyclic) bond motifs is 9. The normalized spacial score (nSPS) is 13.0. The van der Waals surface area contributed by atoms with Crippen LogP contribution in [0.5, 0.6) is 11.5 Å². The zero-order valence-corrected chi connectivity index (χ0v) is 31.1. The number of aromatic nitrogens is 3. The molecule has 0 atom stereocenters. The number of phenolic OH excluding ortho intramolecular Hbond substituents is 1. The zero-order chi connectivity index (χ0) is 33.6. The fourth-order valence-electron chi connectivity index (χ4n) is 7.86. The Balaban J connectivity index is 0.00000348. The quantitative estimate of drug-likeness (QED) is 0.116. The average molecular weight is 856 g/mol. The Morgan fingerprint density at radius 2 is 1.24 bits per heavy atom. The van der Waals surface area contributed by atoms with Crippen LogP contribution in [0.4, 0.5) is 0 Å².